The normalized spacial score (nSPS) is 14.1. The highest BCUT2D eigenvalue weighted by Gasteiger charge is 2.33. The van der Waals surface area contributed by atoms with Crippen LogP contribution in [0.4, 0.5) is 0 Å². The largest absolute Gasteiger partial charge is 0.477 e. The molecule has 0 radical (unpaired) electrons. The Bertz CT molecular complexity index is 575. The summed E-state index contributed by atoms with van der Waals surface area (Å²) in [6.07, 6.45) is 0. The van der Waals surface area contributed by atoms with Crippen molar-refractivity contribution >= 4 is 27.3 Å². The van der Waals surface area contributed by atoms with Gasteiger partial charge in [-0.25, -0.2) is 13.2 Å². The third-order valence-corrected chi connectivity index (χ3v) is 6.64. The van der Waals surface area contributed by atoms with Crippen molar-refractivity contribution in [1.82, 2.24) is 4.31 Å². The topological polar surface area (TPSA) is 74.7 Å². The fourth-order valence-electron chi connectivity index (χ4n) is 1.68. The number of carbonyl (C=O) groups is 1. The van der Waals surface area contributed by atoms with Gasteiger partial charge in [-0.3, -0.25) is 0 Å². The first kappa shape index (κ1) is 16.1. The summed E-state index contributed by atoms with van der Waals surface area (Å²) in [5, 5.41) is 10.7. The SMILES string of the molecule is Cc1csc(C(=O)O)c1S(=O)(=O)N(C)C(C)C(C)C. The standard InChI is InChI=1S/C12H19NO4S2/c1-7(2)9(4)13(5)19(16,17)11-8(3)6-18-10(11)12(14)15/h6-7,9H,1-5H3,(H,14,15). The summed E-state index contributed by atoms with van der Waals surface area (Å²) in [5.41, 5.74) is 0.477. The van der Waals surface area contributed by atoms with Gasteiger partial charge < -0.3 is 5.11 Å². The summed E-state index contributed by atoms with van der Waals surface area (Å²) in [6, 6.07) is -0.203. The van der Waals surface area contributed by atoms with Gasteiger partial charge in [-0.05, 0) is 30.7 Å². The molecule has 0 aliphatic heterocycles. The van der Waals surface area contributed by atoms with Gasteiger partial charge in [0.25, 0.3) is 0 Å². The maximum Gasteiger partial charge on any atom is 0.347 e. The highest BCUT2D eigenvalue weighted by atomic mass is 32.2. The summed E-state index contributed by atoms with van der Waals surface area (Å²) in [6.45, 7) is 7.28. The zero-order chi connectivity index (χ0) is 15.0. The first-order valence-electron chi connectivity index (χ1n) is 5.90. The predicted octanol–water partition coefficient (Wildman–Crippen LogP) is 2.42. The van der Waals surface area contributed by atoms with Crippen LogP contribution in [0.25, 0.3) is 0 Å². The van der Waals surface area contributed by atoms with Gasteiger partial charge >= 0.3 is 5.97 Å². The van der Waals surface area contributed by atoms with Gasteiger partial charge in [0, 0.05) is 13.1 Å². The molecule has 1 heterocycles. The lowest BCUT2D eigenvalue weighted by Crippen LogP contribution is -2.38. The molecule has 0 spiro atoms. The molecule has 0 aromatic carbocycles. The Morgan fingerprint density at radius 3 is 2.32 bits per heavy atom. The number of hydrogen-bond donors (Lipinski definition) is 1. The number of rotatable bonds is 5. The van der Waals surface area contributed by atoms with Gasteiger partial charge in [-0.2, -0.15) is 4.31 Å². The van der Waals surface area contributed by atoms with E-state index in [1.54, 1.807) is 12.3 Å². The number of carboxylic acid groups (broad SMARTS) is 1. The fourth-order valence-corrected chi connectivity index (χ4v) is 4.76. The number of aryl methyl sites for hydroxylation is 1. The quantitative estimate of drug-likeness (QED) is 0.906. The average molecular weight is 305 g/mol. The highest BCUT2D eigenvalue weighted by Crippen LogP contribution is 2.30. The Balaban J connectivity index is 3.36. The molecule has 7 heteroatoms. The van der Waals surface area contributed by atoms with E-state index in [2.05, 4.69) is 0 Å². The van der Waals surface area contributed by atoms with Crippen LogP contribution in [0.15, 0.2) is 10.3 Å². The van der Waals surface area contributed by atoms with E-state index in [-0.39, 0.29) is 21.7 Å². The van der Waals surface area contributed by atoms with Crippen molar-refractivity contribution in [1.29, 1.82) is 0 Å². The van der Waals surface area contributed by atoms with Crippen LogP contribution in [-0.4, -0.2) is 36.9 Å². The van der Waals surface area contributed by atoms with Gasteiger partial charge in [-0.15, -0.1) is 11.3 Å². The second-order valence-corrected chi connectivity index (χ2v) is 7.70. The zero-order valence-electron chi connectivity index (χ0n) is 11.7. The second kappa shape index (κ2) is 5.60. The number of sulfonamides is 1. The van der Waals surface area contributed by atoms with Crippen LogP contribution in [0.3, 0.4) is 0 Å². The number of thiophene rings is 1. The molecule has 1 aromatic rings. The molecule has 0 aliphatic carbocycles. The summed E-state index contributed by atoms with van der Waals surface area (Å²) >= 11 is 0.943. The van der Waals surface area contributed by atoms with E-state index in [0.29, 0.717) is 5.56 Å². The molecule has 0 bridgehead atoms. The fraction of sp³-hybridized carbons (Fsp3) is 0.583. The van der Waals surface area contributed by atoms with Gasteiger partial charge in [0.15, 0.2) is 0 Å². The summed E-state index contributed by atoms with van der Waals surface area (Å²) in [7, 11) is -2.29. The third-order valence-electron chi connectivity index (χ3n) is 3.29. The molecular weight excluding hydrogens is 286 g/mol. The molecule has 1 N–H and O–H groups in total. The smallest absolute Gasteiger partial charge is 0.347 e. The molecule has 108 valence electrons. The third kappa shape index (κ3) is 2.98. The number of nitrogens with zero attached hydrogens (tertiary/aromatic N) is 1. The second-order valence-electron chi connectivity index (χ2n) is 4.89. The Morgan fingerprint density at radius 2 is 1.89 bits per heavy atom. The molecule has 1 unspecified atom stereocenters. The number of carboxylic acids is 1. The number of aromatic carboxylic acids is 1. The van der Waals surface area contributed by atoms with E-state index < -0.39 is 16.0 Å². The molecule has 1 atom stereocenters. The van der Waals surface area contributed by atoms with Gasteiger partial charge in [0.1, 0.15) is 9.77 Å². The van der Waals surface area contributed by atoms with Gasteiger partial charge in [-0.1, -0.05) is 13.8 Å². The summed E-state index contributed by atoms with van der Waals surface area (Å²) in [5.74, 6) is -1.06. The molecule has 0 fully saturated rings. The van der Waals surface area contributed by atoms with Crippen molar-refractivity contribution < 1.29 is 18.3 Å². The minimum absolute atomic E-state index is 0.0833. The molecule has 1 rings (SSSR count). The Hall–Kier alpha value is -0.920. The van der Waals surface area contributed by atoms with Crippen molar-refractivity contribution in [2.45, 2.75) is 38.6 Å². The van der Waals surface area contributed by atoms with Crippen LogP contribution in [0.2, 0.25) is 0 Å². The maximum atomic E-state index is 12.6. The van der Waals surface area contributed by atoms with E-state index in [4.69, 9.17) is 5.11 Å². The monoisotopic (exact) mass is 305 g/mol. The Kier molecular flexibility index (Phi) is 4.76. The van der Waals surface area contributed by atoms with Crippen molar-refractivity contribution in [2.75, 3.05) is 7.05 Å². The average Bonchev–Trinajstić information content (AvgIpc) is 2.69. The molecule has 0 aliphatic rings. The first-order valence-corrected chi connectivity index (χ1v) is 8.22. The van der Waals surface area contributed by atoms with E-state index in [0.717, 1.165) is 11.3 Å². The van der Waals surface area contributed by atoms with Gasteiger partial charge in [0.05, 0.1) is 0 Å². The van der Waals surface area contributed by atoms with E-state index in [1.807, 2.05) is 20.8 Å². The van der Waals surface area contributed by atoms with E-state index in [9.17, 15) is 13.2 Å². The number of hydrogen-bond acceptors (Lipinski definition) is 4. The zero-order valence-corrected chi connectivity index (χ0v) is 13.3. The van der Waals surface area contributed by atoms with Crippen molar-refractivity contribution in [3.8, 4) is 0 Å². The maximum absolute atomic E-state index is 12.6. The van der Waals surface area contributed by atoms with Crippen molar-refractivity contribution in [3.05, 3.63) is 15.8 Å². The minimum Gasteiger partial charge on any atom is -0.477 e. The van der Waals surface area contributed by atoms with Crippen LogP contribution < -0.4 is 0 Å². The molecule has 0 amide bonds. The lowest BCUT2D eigenvalue weighted by atomic mass is 10.1. The van der Waals surface area contributed by atoms with Crippen LogP contribution in [-0.2, 0) is 10.0 Å². The first-order chi connectivity index (χ1) is 8.60. The summed E-state index contributed by atoms with van der Waals surface area (Å²) in [4.78, 5) is 10.9. The molecule has 1 aromatic heterocycles. The van der Waals surface area contributed by atoms with Crippen molar-refractivity contribution in [3.63, 3.8) is 0 Å². The van der Waals surface area contributed by atoms with Crippen LogP contribution >= 0.6 is 11.3 Å². The molecular formula is C12H19NO4S2. The highest BCUT2D eigenvalue weighted by molar-refractivity contribution is 7.89. The van der Waals surface area contributed by atoms with Crippen LogP contribution in [0.5, 0.6) is 0 Å². The molecule has 5 nitrogen and oxygen atoms in total. The summed E-state index contributed by atoms with van der Waals surface area (Å²) < 4.78 is 26.4. The van der Waals surface area contributed by atoms with E-state index in [1.165, 1.54) is 11.4 Å². The Labute approximate surface area is 117 Å². The predicted molar refractivity (Wildman–Crippen MR) is 75.3 cm³/mol. The molecule has 0 saturated heterocycles. The van der Waals surface area contributed by atoms with Gasteiger partial charge in [0.2, 0.25) is 10.0 Å². The molecule has 0 saturated carbocycles. The van der Waals surface area contributed by atoms with Crippen LogP contribution in [0, 0.1) is 12.8 Å². The minimum atomic E-state index is -3.78. The van der Waals surface area contributed by atoms with E-state index >= 15 is 0 Å². The lowest BCUT2D eigenvalue weighted by molar-refractivity contribution is 0.0698. The Morgan fingerprint density at radius 1 is 1.37 bits per heavy atom. The molecule has 19 heavy (non-hydrogen) atoms. The van der Waals surface area contributed by atoms with Crippen molar-refractivity contribution in [2.24, 2.45) is 5.92 Å². The lowest BCUT2D eigenvalue weighted by Gasteiger charge is -2.27. The van der Waals surface area contributed by atoms with Crippen LogP contribution in [0.1, 0.15) is 36.0 Å².